The number of nitrogens with zero attached hydrogens (tertiary/aromatic N) is 3. The molecule has 4 nitrogen and oxygen atoms in total. The Labute approximate surface area is 112 Å². The highest BCUT2D eigenvalue weighted by Gasteiger charge is 2.30. The third kappa shape index (κ3) is 1.75. The largest absolute Gasteiger partial charge is 0.366 e. The summed E-state index contributed by atoms with van der Waals surface area (Å²) < 4.78 is 0. The highest BCUT2D eigenvalue weighted by Crippen LogP contribution is 2.35. The summed E-state index contributed by atoms with van der Waals surface area (Å²) in [5, 5.41) is 3.54. The zero-order valence-corrected chi connectivity index (χ0v) is 10.9. The van der Waals surface area contributed by atoms with Crippen molar-refractivity contribution in [3.63, 3.8) is 0 Å². The fourth-order valence-corrected chi connectivity index (χ4v) is 2.96. The molecule has 1 N–H and O–H groups in total. The Bertz CT molecular complexity index is 638. The lowest BCUT2D eigenvalue weighted by atomic mass is 10.1. The third-order valence-electron chi connectivity index (χ3n) is 3.91. The Hall–Kier alpha value is -2.10. The highest BCUT2D eigenvalue weighted by atomic mass is 15.3. The normalized spacial score (nSPS) is 20.1. The molecular formula is C15H16N4. The van der Waals surface area contributed by atoms with Gasteiger partial charge in [-0.25, -0.2) is 4.98 Å². The van der Waals surface area contributed by atoms with Crippen LogP contribution in [0.25, 0.3) is 11.3 Å². The molecule has 0 aromatic carbocycles. The fourth-order valence-electron chi connectivity index (χ4n) is 2.96. The molecule has 2 aromatic heterocycles. The van der Waals surface area contributed by atoms with Gasteiger partial charge in [0.05, 0.1) is 11.4 Å². The topological polar surface area (TPSA) is 41.1 Å². The van der Waals surface area contributed by atoms with Gasteiger partial charge in [0.25, 0.3) is 0 Å². The quantitative estimate of drug-likeness (QED) is 0.846. The number of rotatable bonds is 1. The summed E-state index contributed by atoms with van der Waals surface area (Å²) in [5.74, 6) is 1.02. The molecule has 4 rings (SSSR count). The van der Waals surface area contributed by atoms with Gasteiger partial charge >= 0.3 is 0 Å². The maximum atomic E-state index is 4.77. The monoisotopic (exact) mass is 252 g/mol. The zero-order chi connectivity index (χ0) is 12.8. The molecule has 4 heteroatoms. The maximum absolute atomic E-state index is 4.77. The Balaban J connectivity index is 1.78. The van der Waals surface area contributed by atoms with E-state index in [4.69, 9.17) is 4.98 Å². The molecule has 0 amide bonds. The molecule has 2 aliphatic heterocycles. The smallest absolute Gasteiger partial charge is 0.150 e. The van der Waals surface area contributed by atoms with Crippen LogP contribution in [0.15, 0.2) is 30.6 Å². The molecule has 19 heavy (non-hydrogen) atoms. The van der Waals surface area contributed by atoms with E-state index in [9.17, 15) is 0 Å². The summed E-state index contributed by atoms with van der Waals surface area (Å²) >= 11 is 0. The zero-order valence-electron chi connectivity index (χ0n) is 10.9. The molecule has 0 radical (unpaired) electrons. The number of nitrogens with one attached hydrogen (secondary N) is 1. The Kier molecular flexibility index (Phi) is 2.24. The van der Waals surface area contributed by atoms with Gasteiger partial charge in [0.1, 0.15) is 0 Å². The van der Waals surface area contributed by atoms with Crippen molar-refractivity contribution < 1.29 is 0 Å². The van der Waals surface area contributed by atoms with E-state index in [-0.39, 0.29) is 0 Å². The van der Waals surface area contributed by atoms with E-state index in [1.165, 1.54) is 12.1 Å². The maximum Gasteiger partial charge on any atom is 0.150 e. The summed E-state index contributed by atoms with van der Waals surface area (Å²) in [5.41, 5.74) is 4.47. The van der Waals surface area contributed by atoms with Gasteiger partial charge in [-0.1, -0.05) is 0 Å². The molecule has 0 saturated carbocycles. The van der Waals surface area contributed by atoms with E-state index in [0.717, 1.165) is 35.7 Å². The van der Waals surface area contributed by atoms with E-state index in [1.807, 2.05) is 12.4 Å². The van der Waals surface area contributed by atoms with Crippen LogP contribution >= 0.6 is 0 Å². The van der Waals surface area contributed by atoms with Gasteiger partial charge in [-0.3, -0.25) is 4.98 Å². The summed E-state index contributed by atoms with van der Waals surface area (Å²) in [7, 11) is 0. The van der Waals surface area contributed by atoms with Gasteiger partial charge in [0.15, 0.2) is 5.82 Å². The number of fused-ring (bicyclic) bond motifs is 4. The Morgan fingerprint density at radius 2 is 2.26 bits per heavy atom. The van der Waals surface area contributed by atoms with Crippen molar-refractivity contribution >= 4 is 11.5 Å². The lowest BCUT2D eigenvalue weighted by Crippen LogP contribution is -2.32. The minimum atomic E-state index is 0.561. The molecule has 0 aliphatic carbocycles. The van der Waals surface area contributed by atoms with Gasteiger partial charge in [0, 0.05) is 37.1 Å². The van der Waals surface area contributed by atoms with Crippen LogP contribution in [0.2, 0.25) is 0 Å². The molecule has 0 unspecified atom stereocenters. The second kappa shape index (κ2) is 3.95. The first-order valence-corrected chi connectivity index (χ1v) is 6.74. The van der Waals surface area contributed by atoms with E-state index < -0.39 is 0 Å². The van der Waals surface area contributed by atoms with Gasteiger partial charge in [0.2, 0.25) is 0 Å². The third-order valence-corrected chi connectivity index (χ3v) is 3.91. The predicted molar refractivity (Wildman–Crippen MR) is 76.4 cm³/mol. The molecule has 2 bridgehead atoms. The first kappa shape index (κ1) is 10.8. The summed E-state index contributed by atoms with van der Waals surface area (Å²) in [6.07, 6.45) is 4.95. The van der Waals surface area contributed by atoms with E-state index in [0.29, 0.717) is 6.04 Å². The van der Waals surface area contributed by atoms with Crippen LogP contribution in [0, 0.1) is 6.92 Å². The van der Waals surface area contributed by atoms with Crippen molar-refractivity contribution in [2.45, 2.75) is 19.4 Å². The lowest BCUT2D eigenvalue weighted by Gasteiger charge is -2.27. The number of aryl methyl sites for hydroxylation is 1. The van der Waals surface area contributed by atoms with Crippen molar-refractivity contribution in [1.82, 2.24) is 9.97 Å². The van der Waals surface area contributed by atoms with Crippen molar-refractivity contribution in [2.24, 2.45) is 0 Å². The first-order chi connectivity index (χ1) is 9.29. The van der Waals surface area contributed by atoms with Gasteiger partial charge in [-0.2, -0.15) is 0 Å². The van der Waals surface area contributed by atoms with Crippen molar-refractivity contribution in [3.05, 3.63) is 36.2 Å². The molecule has 96 valence electrons. The lowest BCUT2D eigenvalue weighted by molar-refractivity contribution is 0.788. The number of pyridine rings is 2. The highest BCUT2D eigenvalue weighted by molar-refractivity contribution is 5.74. The number of aromatic nitrogens is 2. The molecule has 4 heterocycles. The van der Waals surface area contributed by atoms with Crippen LogP contribution in [0.4, 0.5) is 11.5 Å². The van der Waals surface area contributed by atoms with Crippen molar-refractivity contribution in [1.29, 1.82) is 0 Å². The number of anilines is 2. The van der Waals surface area contributed by atoms with Gasteiger partial charge < -0.3 is 10.2 Å². The second-order valence-electron chi connectivity index (χ2n) is 5.39. The van der Waals surface area contributed by atoms with E-state index in [2.05, 4.69) is 40.3 Å². The average molecular weight is 252 g/mol. The van der Waals surface area contributed by atoms with E-state index in [1.54, 1.807) is 0 Å². The Morgan fingerprint density at radius 1 is 1.32 bits per heavy atom. The molecule has 2 aromatic rings. The molecule has 0 spiro atoms. The van der Waals surface area contributed by atoms with Gasteiger partial charge in [-0.15, -0.1) is 0 Å². The predicted octanol–water partition coefficient (Wildman–Crippen LogP) is 2.46. The number of hydrogen-bond donors (Lipinski definition) is 1. The second-order valence-corrected chi connectivity index (χ2v) is 5.39. The van der Waals surface area contributed by atoms with Crippen LogP contribution in [-0.2, 0) is 0 Å². The standard InChI is InChI=1S/C15H16N4/c1-10-6-11(8-16-7-10)13-2-3-14-15(18-13)17-12-4-5-19(14)9-12/h2-3,6-8,12H,4-5,9H2,1H3,(H,17,18)/t12-/m0/s1. The first-order valence-electron chi connectivity index (χ1n) is 6.74. The SMILES string of the molecule is Cc1cncc(-c2ccc3c(n2)N[C@H]2CCN3C2)c1. The van der Waals surface area contributed by atoms with Crippen LogP contribution < -0.4 is 10.2 Å². The minimum absolute atomic E-state index is 0.561. The van der Waals surface area contributed by atoms with Crippen LogP contribution in [0.3, 0.4) is 0 Å². The average Bonchev–Trinajstić information content (AvgIpc) is 2.81. The summed E-state index contributed by atoms with van der Waals surface area (Å²) in [4.78, 5) is 11.4. The van der Waals surface area contributed by atoms with Gasteiger partial charge in [-0.05, 0) is 37.1 Å². The van der Waals surface area contributed by atoms with Crippen LogP contribution in [-0.4, -0.2) is 29.1 Å². The van der Waals surface area contributed by atoms with Crippen LogP contribution in [0.5, 0.6) is 0 Å². The van der Waals surface area contributed by atoms with Crippen molar-refractivity contribution in [2.75, 3.05) is 23.3 Å². The molecule has 1 fully saturated rings. The molecule has 1 atom stereocenters. The van der Waals surface area contributed by atoms with Crippen molar-refractivity contribution in [3.8, 4) is 11.3 Å². The molecular weight excluding hydrogens is 236 g/mol. The van der Waals surface area contributed by atoms with Crippen LogP contribution in [0.1, 0.15) is 12.0 Å². The number of hydrogen-bond acceptors (Lipinski definition) is 4. The molecule has 1 saturated heterocycles. The summed E-state index contributed by atoms with van der Waals surface area (Å²) in [6, 6.07) is 6.95. The Morgan fingerprint density at radius 3 is 3.16 bits per heavy atom. The fraction of sp³-hybridized carbons (Fsp3) is 0.333. The minimum Gasteiger partial charge on any atom is -0.366 e. The molecule has 2 aliphatic rings. The van der Waals surface area contributed by atoms with E-state index >= 15 is 0 Å². The summed E-state index contributed by atoms with van der Waals surface area (Å²) in [6.45, 7) is 4.30.